The van der Waals surface area contributed by atoms with E-state index in [1.807, 2.05) is 17.5 Å². The van der Waals surface area contributed by atoms with Crippen molar-refractivity contribution in [3.63, 3.8) is 0 Å². The van der Waals surface area contributed by atoms with Gasteiger partial charge in [-0.05, 0) is 18.4 Å². The second-order valence-corrected chi connectivity index (χ2v) is 4.08. The van der Waals surface area contributed by atoms with E-state index in [1.54, 1.807) is 18.3 Å². The monoisotopic (exact) mass is 226 g/mol. The molecule has 0 amide bonds. The number of thiophene rings is 1. The first-order valence-corrected chi connectivity index (χ1v) is 5.51. The van der Waals surface area contributed by atoms with E-state index in [1.165, 1.54) is 4.88 Å². The van der Waals surface area contributed by atoms with Crippen molar-refractivity contribution < 1.29 is 14.3 Å². The Hall–Kier alpha value is -1.13. The Morgan fingerprint density at radius 2 is 2.33 bits per heavy atom. The number of hydrogen-bond donors (Lipinski definition) is 0. The summed E-state index contributed by atoms with van der Waals surface area (Å²) >= 11 is 1.65. The molecule has 0 saturated carbocycles. The first-order valence-electron chi connectivity index (χ1n) is 4.63. The highest BCUT2D eigenvalue weighted by Crippen LogP contribution is 2.09. The van der Waals surface area contributed by atoms with Gasteiger partial charge in [0.05, 0.1) is 13.2 Å². The Labute approximate surface area is 93.3 Å². The topological polar surface area (TPSA) is 35.5 Å². The summed E-state index contributed by atoms with van der Waals surface area (Å²) in [5.74, 6) is -0.366. The van der Waals surface area contributed by atoms with Crippen molar-refractivity contribution in [2.24, 2.45) is 0 Å². The lowest BCUT2D eigenvalue weighted by Gasteiger charge is -2.04. The van der Waals surface area contributed by atoms with Crippen molar-refractivity contribution >= 4 is 17.3 Å². The number of carbonyl (C=O) groups is 1. The zero-order chi connectivity index (χ0) is 11.1. The first kappa shape index (κ1) is 11.9. The summed E-state index contributed by atoms with van der Waals surface area (Å²) in [5, 5.41) is 2.00. The summed E-state index contributed by atoms with van der Waals surface area (Å²) in [4.78, 5) is 12.1. The average molecular weight is 226 g/mol. The molecule has 0 bridgehead atoms. The lowest BCUT2D eigenvalue weighted by molar-refractivity contribution is -0.140. The Bertz CT molecular complexity index is 317. The highest BCUT2D eigenvalue weighted by Gasteiger charge is 2.01. The quantitative estimate of drug-likeness (QED) is 0.424. The van der Waals surface area contributed by atoms with E-state index in [0.717, 1.165) is 0 Å². The minimum atomic E-state index is -0.366. The predicted octanol–water partition coefficient (Wildman–Crippen LogP) is 2.38. The molecule has 0 N–H and O–H groups in total. The van der Waals surface area contributed by atoms with Crippen molar-refractivity contribution in [2.45, 2.75) is 13.5 Å². The molecule has 15 heavy (non-hydrogen) atoms. The maximum atomic E-state index is 11.0. The maximum Gasteiger partial charge on any atom is 0.333 e. The second kappa shape index (κ2) is 6.37. The van der Waals surface area contributed by atoms with Crippen molar-refractivity contribution in [1.82, 2.24) is 0 Å². The van der Waals surface area contributed by atoms with E-state index in [0.29, 0.717) is 18.8 Å². The van der Waals surface area contributed by atoms with Crippen LogP contribution in [0.1, 0.15) is 11.8 Å². The van der Waals surface area contributed by atoms with Gasteiger partial charge in [-0.15, -0.1) is 11.3 Å². The summed E-state index contributed by atoms with van der Waals surface area (Å²) < 4.78 is 10.2. The molecule has 3 nitrogen and oxygen atoms in total. The number of esters is 1. The van der Waals surface area contributed by atoms with Gasteiger partial charge in [0.2, 0.25) is 0 Å². The number of ether oxygens (including phenoxy) is 2. The molecule has 1 aromatic rings. The minimum absolute atomic E-state index is 0.275. The van der Waals surface area contributed by atoms with Gasteiger partial charge in [0.25, 0.3) is 0 Å². The average Bonchev–Trinajstić information content (AvgIpc) is 2.69. The lowest BCUT2D eigenvalue weighted by Crippen LogP contribution is -2.10. The van der Waals surface area contributed by atoms with Crippen LogP contribution in [0.2, 0.25) is 0 Å². The molecule has 0 aliphatic heterocycles. The molecule has 0 saturated heterocycles. The fourth-order valence-electron chi connectivity index (χ4n) is 0.884. The molecular formula is C11H14O3S. The standard InChI is InChI=1S/C11H14O3S/c1-9(2)11(12)14-6-5-13-8-10-4-3-7-15-10/h3-4,7H,1,5-6,8H2,2H3. The van der Waals surface area contributed by atoms with Crippen LogP contribution < -0.4 is 0 Å². The highest BCUT2D eigenvalue weighted by molar-refractivity contribution is 7.09. The molecule has 1 aromatic heterocycles. The zero-order valence-corrected chi connectivity index (χ0v) is 9.51. The van der Waals surface area contributed by atoms with Gasteiger partial charge in [-0.25, -0.2) is 4.79 Å². The highest BCUT2D eigenvalue weighted by atomic mass is 32.1. The predicted molar refractivity (Wildman–Crippen MR) is 59.7 cm³/mol. The first-order chi connectivity index (χ1) is 7.20. The van der Waals surface area contributed by atoms with Gasteiger partial charge in [0.1, 0.15) is 6.61 Å². The molecule has 1 heterocycles. The molecule has 0 aliphatic rings. The summed E-state index contributed by atoms with van der Waals surface area (Å²) in [6.45, 7) is 6.36. The molecule has 0 spiro atoms. The van der Waals surface area contributed by atoms with Gasteiger partial charge in [-0.1, -0.05) is 12.6 Å². The second-order valence-electron chi connectivity index (χ2n) is 3.05. The van der Waals surface area contributed by atoms with Crippen LogP contribution in [0.5, 0.6) is 0 Å². The van der Waals surface area contributed by atoms with Gasteiger partial charge in [0, 0.05) is 10.5 Å². The largest absolute Gasteiger partial charge is 0.460 e. The number of rotatable bonds is 6. The fraction of sp³-hybridized carbons (Fsp3) is 0.364. The summed E-state index contributed by atoms with van der Waals surface area (Å²) in [6, 6.07) is 3.98. The Balaban J connectivity index is 2.03. The molecule has 0 aliphatic carbocycles. The fourth-order valence-corrected chi connectivity index (χ4v) is 1.52. The van der Waals surface area contributed by atoms with Crippen molar-refractivity contribution in [1.29, 1.82) is 0 Å². The third kappa shape index (κ3) is 4.76. The molecule has 0 radical (unpaired) electrons. The van der Waals surface area contributed by atoms with Gasteiger partial charge in [0.15, 0.2) is 0 Å². The summed E-state index contributed by atoms with van der Waals surface area (Å²) in [7, 11) is 0. The number of hydrogen-bond acceptors (Lipinski definition) is 4. The van der Waals surface area contributed by atoms with Crippen molar-refractivity contribution in [3.05, 3.63) is 34.5 Å². The molecule has 0 fully saturated rings. The van der Waals surface area contributed by atoms with Gasteiger partial charge in [-0.3, -0.25) is 0 Å². The molecule has 82 valence electrons. The summed E-state index contributed by atoms with van der Waals surface area (Å²) in [5.41, 5.74) is 0.410. The van der Waals surface area contributed by atoms with Gasteiger partial charge >= 0.3 is 5.97 Å². The van der Waals surface area contributed by atoms with E-state index in [-0.39, 0.29) is 12.6 Å². The van der Waals surface area contributed by atoms with Crippen LogP contribution in [0, 0.1) is 0 Å². The Morgan fingerprint density at radius 1 is 1.53 bits per heavy atom. The van der Waals surface area contributed by atoms with Gasteiger partial charge < -0.3 is 9.47 Å². The smallest absolute Gasteiger partial charge is 0.333 e. The van der Waals surface area contributed by atoms with E-state index in [9.17, 15) is 4.79 Å². The van der Waals surface area contributed by atoms with E-state index in [4.69, 9.17) is 9.47 Å². The van der Waals surface area contributed by atoms with Crippen LogP contribution in [-0.2, 0) is 20.9 Å². The molecule has 1 rings (SSSR count). The van der Waals surface area contributed by atoms with Crippen LogP contribution >= 0.6 is 11.3 Å². The van der Waals surface area contributed by atoms with Crippen LogP contribution in [-0.4, -0.2) is 19.2 Å². The summed E-state index contributed by atoms with van der Waals surface area (Å²) in [6.07, 6.45) is 0. The van der Waals surface area contributed by atoms with Crippen LogP contribution in [0.4, 0.5) is 0 Å². The van der Waals surface area contributed by atoms with E-state index < -0.39 is 0 Å². The maximum absolute atomic E-state index is 11.0. The third-order valence-corrected chi connectivity index (χ3v) is 2.48. The normalized spacial score (nSPS) is 9.93. The van der Waals surface area contributed by atoms with Crippen LogP contribution in [0.25, 0.3) is 0 Å². The molecule has 0 unspecified atom stereocenters. The van der Waals surface area contributed by atoms with Crippen molar-refractivity contribution in [2.75, 3.05) is 13.2 Å². The third-order valence-electron chi connectivity index (χ3n) is 1.63. The van der Waals surface area contributed by atoms with Crippen LogP contribution in [0.3, 0.4) is 0 Å². The Kier molecular flexibility index (Phi) is 5.07. The SMILES string of the molecule is C=C(C)C(=O)OCCOCc1cccs1. The van der Waals surface area contributed by atoms with Crippen LogP contribution in [0.15, 0.2) is 29.7 Å². The van der Waals surface area contributed by atoms with E-state index in [2.05, 4.69) is 6.58 Å². The lowest BCUT2D eigenvalue weighted by atomic mass is 10.4. The Morgan fingerprint density at radius 3 is 2.93 bits per heavy atom. The molecule has 4 heteroatoms. The van der Waals surface area contributed by atoms with Crippen molar-refractivity contribution in [3.8, 4) is 0 Å². The van der Waals surface area contributed by atoms with E-state index >= 15 is 0 Å². The molecular weight excluding hydrogens is 212 g/mol. The molecule has 0 atom stereocenters. The minimum Gasteiger partial charge on any atom is -0.460 e. The van der Waals surface area contributed by atoms with Gasteiger partial charge in [-0.2, -0.15) is 0 Å². The zero-order valence-electron chi connectivity index (χ0n) is 8.69. The molecule has 0 aromatic carbocycles. The number of carbonyl (C=O) groups excluding carboxylic acids is 1.